The van der Waals surface area contributed by atoms with Gasteiger partial charge in [0.2, 0.25) is 0 Å². The Morgan fingerprint density at radius 1 is 1.52 bits per heavy atom. The molecule has 0 saturated carbocycles. The quantitative estimate of drug-likeness (QED) is 0.861. The van der Waals surface area contributed by atoms with E-state index in [-0.39, 0.29) is 35.7 Å². The third kappa shape index (κ3) is 2.77. The van der Waals surface area contributed by atoms with Gasteiger partial charge in [-0.1, -0.05) is 25.9 Å². The highest BCUT2D eigenvalue weighted by molar-refractivity contribution is 6.21. The topological polar surface area (TPSA) is 80.4 Å². The lowest BCUT2D eigenvalue weighted by molar-refractivity contribution is -0.124. The van der Waals surface area contributed by atoms with Gasteiger partial charge in [-0.25, -0.2) is 0 Å². The summed E-state index contributed by atoms with van der Waals surface area (Å²) in [6, 6.07) is 1.74. The Kier molecular flexibility index (Phi) is 4.03. The van der Waals surface area contributed by atoms with Crippen LogP contribution < -0.4 is 0 Å². The van der Waals surface area contributed by atoms with Crippen LogP contribution in [0.25, 0.3) is 0 Å². The van der Waals surface area contributed by atoms with Crippen LogP contribution in [0, 0.1) is 12.3 Å². The molecule has 21 heavy (non-hydrogen) atoms. The molecular formula is C16H21NO4. The highest BCUT2D eigenvalue weighted by atomic mass is 16.5. The van der Waals surface area contributed by atoms with Crippen LogP contribution in [0.3, 0.4) is 0 Å². The average molecular weight is 291 g/mol. The third-order valence-corrected chi connectivity index (χ3v) is 3.89. The van der Waals surface area contributed by atoms with E-state index in [0.717, 1.165) is 0 Å². The van der Waals surface area contributed by atoms with E-state index in [0.29, 0.717) is 17.9 Å². The second-order valence-electron chi connectivity index (χ2n) is 6.33. The summed E-state index contributed by atoms with van der Waals surface area (Å²) in [5, 5.41) is 14.4. The molecule has 2 rings (SSSR count). The molecule has 1 aliphatic rings. The summed E-state index contributed by atoms with van der Waals surface area (Å²) in [4.78, 5) is 24.4. The largest absolute Gasteiger partial charge is 0.511 e. The molecule has 0 amide bonds. The standard InChI is InChI=1S/C16H21NO4/c1-5-6-10(18)13-11(19)8-16(3,4)14(15(13)20)12-7-9(2)17-21-12/h7,14,20H,5-6,8H2,1-4H3. The zero-order valence-electron chi connectivity index (χ0n) is 12.9. The molecule has 1 heterocycles. The van der Waals surface area contributed by atoms with Gasteiger partial charge in [0.05, 0.1) is 17.2 Å². The molecule has 0 radical (unpaired) electrons. The number of carbonyl (C=O) groups is 2. The Balaban J connectivity index is 2.54. The molecule has 1 atom stereocenters. The van der Waals surface area contributed by atoms with E-state index in [1.807, 2.05) is 20.8 Å². The van der Waals surface area contributed by atoms with E-state index >= 15 is 0 Å². The normalized spacial score (nSPS) is 21.7. The Morgan fingerprint density at radius 2 is 2.19 bits per heavy atom. The van der Waals surface area contributed by atoms with E-state index in [2.05, 4.69) is 5.16 Å². The van der Waals surface area contributed by atoms with Crippen LogP contribution in [0.2, 0.25) is 0 Å². The first-order valence-electron chi connectivity index (χ1n) is 7.20. The molecule has 0 aromatic carbocycles. The van der Waals surface area contributed by atoms with Crippen LogP contribution in [-0.2, 0) is 9.59 Å². The molecule has 1 N–H and O–H groups in total. The molecule has 1 aliphatic carbocycles. The summed E-state index contributed by atoms with van der Waals surface area (Å²) in [7, 11) is 0. The third-order valence-electron chi connectivity index (χ3n) is 3.89. The summed E-state index contributed by atoms with van der Waals surface area (Å²) in [6.07, 6.45) is 1.10. The second-order valence-corrected chi connectivity index (χ2v) is 6.33. The van der Waals surface area contributed by atoms with E-state index in [4.69, 9.17) is 4.52 Å². The van der Waals surface area contributed by atoms with Gasteiger partial charge < -0.3 is 9.63 Å². The molecule has 0 bridgehead atoms. The van der Waals surface area contributed by atoms with Crippen molar-refractivity contribution in [1.82, 2.24) is 5.16 Å². The van der Waals surface area contributed by atoms with Crippen molar-refractivity contribution < 1.29 is 19.2 Å². The van der Waals surface area contributed by atoms with Crippen molar-refractivity contribution in [3.8, 4) is 0 Å². The lowest BCUT2D eigenvalue weighted by Crippen LogP contribution is -2.35. The maximum atomic E-state index is 12.2. The summed E-state index contributed by atoms with van der Waals surface area (Å²) >= 11 is 0. The Morgan fingerprint density at radius 3 is 2.71 bits per heavy atom. The lowest BCUT2D eigenvalue weighted by atomic mass is 9.67. The number of aliphatic hydroxyl groups is 1. The molecule has 0 aliphatic heterocycles. The fraction of sp³-hybridized carbons (Fsp3) is 0.562. The summed E-state index contributed by atoms with van der Waals surface area (Å²) in [5.41, 5.74) is 0.116. The first kappa shape index (κ1) is 15.5. The second kappa shape index (κ2) is 5.47. The molecule has 5 heteroatoms. The summed E-state index contributed by atoms with van der Waals surface area (Å²) < 4.78 is 5.27. The first-order valence-corrected chi connectivity index (χ1v) is 7.20. The minimum absolute atomic E-state index is 0.0600. The van der Waals surface area contributed by atoms with Crippen molar-refractivity contribution in [3.05, 3.63) is 28.9 Å². The van der Waals surface area contributed by atoms with Crippen LogP contribution in [0.15, 0.2) is 21.9 Å². The van der Waals surface area contributed by atoms with E-state index in [1.165, 1.54) is 0 Å². The van der Waals surface area contributed by atoms with Crippen LogP contribution >= 0.6 is 0 Å². The smallest absolute Gasteiger partial charge is 0.170 e. The molecular weight excluding hydrogens is 270 g/mol. The van der Waals surface area contributed by atoms with Crippen molar-refractivity contribution >= 4 is 11.6 Å². The zero-order valence-corrected chi connectivity index (χ0v) is 12.9. The fourth-order valence-electron chi connectivity index (χ4n) is 2.95. The van der Waals surface area contributed by atoms with Crippen LogP contribution in [0.1, 0.15) is 57.4 Å². The van der Waals surface area contributed by atoms with Crippen molar-refractivity contribution in [2.24, 2.45) is 5.41 Å². The maximum absolute atomic E-state index is 12.2. The van der Waals surface area contributed by atoms with E-state index in [1.54, 1.807) is 13.0 Å². The maximum Gasteiger partial charge on any atom is 0.170 e. The number of aryl methyl sites for hydroxylation is 1. The van der Waals surface area contributed by atoms with Crippen LogP contribution in [0.4, 0.5) is 0 Å². The highest BCUT2D eigenvalue weighted by Gasteiger charge is 2.46. The van der Waals surface area contributed by atoms with Crippen LogP contribution in [-0.4, -0.2) is 21.8 Å². The van der Waals surface area contributed by atoms with Gasteiger partial charge in [0.15, 0.2) is 11.6 Å². The number of nitrogens with zero attached hydrogens (tertiary/aromatic N) is 1. The SMILES string of the molecule is CCCC(=O)C1=C(O)C(c2cc(C)no2)C(C)(C)CC1=O. The Hall–Kier alpha value is -1.91. The summed E-state index contributed by atoms with van der Waals surface area (Å²) in [5.74, 6) is -0.789. The molecule has 0 saturated heterocycles. The fourth-order valence-corrected chi connectivity index (χ4v) is 2.95. The number of aromatic nitrogens is 1. The predicted octanol–water partition coefficient (Wildman–Crippen LogP) is 3.25. The van der Waals surface area contributed by atoms with Crippen molar-refractivity contribution in [1.29, 1.82) is 0 Å². The number of hydrogen-bond acceptors (Lipinski definition) is 5. The van der Waals surface area contributed by atoms with Gasteiger partial charge in [0.1, 0.15) is 11.5 Å². The van der Waals surface area contributed by atoms with Gasteiger partial charge in [-0.15, -0.1) is 0 Å². The number of Topliss-reactive ketones (excluding diaryl/α,β-unsaturated/α-hetero) is 2. The Labute approximate surface area is 124 Å². The minimum atomic E-state index is -0.525. The van der Waals surface area contributed by atoms with Crippen molar-refractivity contribution in [3.63, 3.8) is 0 Å². The number of aliphatic hydroxyl groups excluding tert-OH is 1. The zero-order chi connectivity index (χ0) is 15.8. The monoisotopic (exact) mass is 291 g/mol. The first-order chi connectivity index (χ1) is 9.77. The van der Waals surface area contributed by atoms with Crippen molar-refractivity contribution in [2.75, 3.05) is 0 Å². The number of ketones is 2. The van der Waals surface area contributed by atoms with E-state index in [9.17, 15) is 14.7 Å². The minimum Gasteiger partial charge on any atom is -0.511 e. The highest BCUT2D eigenvalue weighted by Crippen LogP contribution is 2.48. The molecule has 0 fully saturated rings. The number of carbonyl (C=O) groups excluding carboxylic acids is 2. The summed E-state index contributed by atoms with van der Waals surface area (Å²) in [6.45, 7) is 7.41. The number of rotatable bonds is 4. The molecule has 5 nitrogen and oxygen atoms in total. The lowest BCUT2D eigenvalue weighted by Gasteiger charge is -2.36. The van der Waals surface area contributed by atoms with Crippen molar-refractivity contribution in [2.45, 2.75) is 52.9 Å². The Bertz CT molecular complexity index is 610. The van der Waals surface area contributed by atoms with Gasteiger partial charge in [0, 0.05) is 18.9 Å². The van der Waals surface area contributed by atoms with Gasteiger partial charge in [-0.2, -0.15) is 0 Å². The van der Waals surface area contributed by atoms with E-state index < -0.39 is 11.3 Å². The molecule has 1 unspecified atom stereocenters. The number of allylic oxidation sites excluding steroid dienone is 2. The van der Waals surface area contributed by atoms with Gasteiger partial charge in [0.25, 0.3) is 0 Å². The van der Waals surface area contributed by atoms with Gasteiger partial charge in [-0.05, 0) is 18.8 Å². The molecule has 114 valence electrons. The van der Waals surface area contributed by atoms with Gasteiger partial charge in [-0.3, -0.25) is 9.59 Å². The number of hydrogen-bond donors (Lipinski definition) is 1. The van der Waals surface area contributed by atoms with Gasteiger partial charge >= 0.3 is 0 Å². The average Bonchev–Trinajstić information content (AvgIpc) is 2.73. The van der Waals surface area contributed by atoms with Crippen LogP contribution in [0.5, 0.6) is 0 Å². The molecule has 1 aromatic rings. The molecule has 1 aromatic heterocycles. The predicted molar refractivity (Wildman–Crippen MR) is 77.0 cm³/mol. The molecule has 0 spiro atoms.